The second-order valence-electron chi connectivity index (χ2n) is 5.90. The fourth-order valence-corrected chi connectivity index (χ4v) is 3.02. The molecule has 116 valence electrons. The molecule has 6 heteroatoms. The maximum absolute atomic E-state index is 12.4. The van der Waals surface area contributed by atoms with E-state index in [1.807, 2.05) is 4.90 Å². The fourth-order valence-electron chi connectivity index (χ4n) is 3.02. The van der Waals surface area contributed by atoms with Gasteiger partial charge in [0, 0.05) is 25.0 Å². The zero-order chi connectivity index (χ0) is 13.8. The molecule has 2 amide bonds. The summed E-state index contributed by atoms with van der Waals surface area (Å²) in [4.78, 5) is 25.8. The number of carbonyl (C=O) groups excluding carboxylic acids is 2. The number of nitrogens with two attached hydrogens (primary N) is 1. The fraction of sp³-hybridized carbons (Fsp3) is 0.857. The standard InChI is InChI=1S/C14H25N3O2.ClH/c1-10(15)13(18)16-12-7-8-17(9-12)14(19)11-5-3-2-4-6-11;/h10-12H,2-9,15H2,1H3,(H,16,18);1H/t10-,12?;/m0./s1. The van der Waals surface area contributed by atoms with Crippen molar-refractivity contribution in [3.8, 4) is 0 Å². The van der Waals surface area contributed by atoms with Crippen molar-refractivity contribution in [1.29, 1.82) is 0 Å². The van der Waals surface area contributed by atoms with Crippen LogP contribution in [0.15, 0.2) is 0 Å². The first kappa shape index (κ1) is 17.2. The molecule has 0 radical (unpaired) electrons. The van der Waals surface area contributed by atoms with Crippen LogP contribution < -0.4 is 11.1 Å². The molecule has 2 fully saturated rings. The van der Waals surface area contributed by atoms with E-state index in [1.54, 1.807) is 6.92 Å². The number of likely N-dealkylation sites (tertiary alicyclic amines) is 1. The topological polar surface area (TPSA) is 75.4 Å². The molecular weight excluding hydrogens is 278 g/mol. The van der Waals surface area contributed by atoms with E-state index < -0.39 is 6.04 Å². The van der Waals surface area contributed by atoms with Crippen LogP contribution in [0.2, 0.25) is 0 Å². The highest BCUT2D eigenvalue weighted by Gasteiger charge is 2.32. The molecule has 0 aromatic carbocycles. The summed E-state index contributed by atoms with van der Waals surface area (Å²) in [5, 5.41) is 2.91. The molecule has 0 aromatic heterocycles. The second kappa shape index (κ2) is 7.84. The van der Waals surface area contributed by atoms with Crippen LogP contribution in [0.5, 0.6) is 0 Å². The Morgan fingerprint density at radius 3 is 2.45 bits per heavy atom. The lowest BCUT2D eigenvalue weighted by molar-refractivity contribution is -0.135. The van der Waals surface area contributed by atoms with Crippen molar-refractivity contribution in [3.63, 3.8) is 0 Å². The Morgan fingerprint density at radius 1 is 1.20 bits per heavy atom. The van der Waals surface area contributed by atoms with Gasteiger partial charge in [-0.25, -0.2) is 0 Å². The van der Waals surface area contributed by atoms with E-state index in [0.717, 1.165) is 25.8 Å². The molecule has 3 N–H and O–H groups in total. The molecule has 1 aliphatic carbocycles. The molecule has 1 saturated heterocycles. The van der Waals surface area contributed by atoms with E-state index in [0.29, 0.717) is 6.54 Å². The number of rotatable bonds is 3. The summed E-state index contributed by atoms with van der Waals surface area (Å²) in [5.41, 5.74) is 5.53. The van der Waals surface area contributed by atoms with Crippen LogP contribution in [0.3, 0.4) is 0 Å². The molecule has 0 bridgehead atoms. The smallest absolute Gasteiger partial charge is 0.236 e. The normalized spacial score (nSPS) is 24.9. The number of carbonyl (C=O) groups is 2. The van der Waals surface area contributed by atoms with Crippen LogP contribution in [0, 0.1) is 5.92 Å². The third-order valence-corrected chi connectivity index (χ3v) is 4.21. The monoisotopic (exact) mass is 303 g/mol. The molecular formula is C14H26ClN3O2. The lowest BCUT2D eigenvalue weighted by Gasteiger charge is -2.26. The van der Waals surface area contributed by atoms with Gasteiger partial charge in [0.25, 0.3) is 0 Å². The van der Waals surface area contributed by atoms with Crippen molar-refractivity contribution in [1.82, 2.24) is 10.2 Å². The molecule has 2 rings (SSSR count). The van der Waals surface area contributed by atoms with Crippen LogP contribution in [0.4, 0.5) is 0 Å². The van der Waals surface area contributed by atoms with Gasteiger partial charge in [0.15, 0.2) is 0 Å². The Labute approximate surface area is 127 Å². The number of hydrogen-bond acceptors (Lipinski definition) is 3. The van der Waals surface area contributed by atoms with Crippen LogP contribution >= 0.6 is 12.4 Å². The minimum absolute atomic E-state index is 0. The van der Waals surface area contributed by atoms with Gasteiger partial charge in [-0.2, -0.15) is 0 Å². The van der Waals surface area contributed by atoms with Gasteiger partial charge in [0.1, 0.15) is 0 Å². The largest absolute Gasteiger partial charge is 0.350 e. The van der Waals surface area contributed by atoms with Gasteiger partial charge in [-0.3, -0.25) is 9.59 Å². The Morgan fingerprint density at radius 2 is 1.85 bits per heavy atom. The lowest BCUT2D eigenvalue weighted by Crippen LogP contribution is -2.45. The zero-order valence-electron chi connectivity index (χ0n) is 12.1. The van der Waals surface area contributed by atoms with E-state index in [1.165, 1.54) is 19.3 Å². The van der Waals surface area contributed by atoms with Gasteiger partial charge >= 0.3 is 0 Å². The summed E-state index contributed by atoms with van der Waals surface area (Å²) in [7, 11) is 0. The number of amides is 2. The average Bonchev–Trinajstić information content (AvgIpc) is 2.87. The average molecular weight is 304 g/mol. The summed E-state index contributed by atoms with van der Waals surface area (Å²) in [6, 6.07) is -0.408. The highest BCUT2D eigenvalue weighted by molar-refractivity contribution is 5.85. The Bertz CT molecular complexity index is 343. The third kappa shape index (κ3) is 4.35. The number of halogens is 1. The molecule has 1 saturated carbocycles. The first-order valence-corrected chi connectivity index (χ1v) is 7.42. The number of nitrogens with one attached hydrogen (secondary N) is 1. The molecule has 20 heavy (non-hydrogen) atoms. The molecule has 2 aliphatic rings. The summed E-state index contributed by atoms with van der Waals surface area (Å²) in [6.45, 7) is 3.09. The van der Waals surface area contributed by atoms with Crippen molar-refractivity contribution in [2.24, 2.45) is 11.7 Å². The second-order valence-corrected chi connectivity index (χ2v) is 5.90. The Hall–Kier alpha value is -0.810. The van der Waals surface area contributed by atoms with Crippen molar-refractivity contribution >= 4 is 24.2 Å². The zero-order valence-corrected chi connectivity index (χ0v) is 13.0. The summed E-state index contributed by atoms with van der Waals surface area (Å²) < 4.78 is 0. The van der Waals surface area contributed by atoms with E-state index in [-0.39, 0.29) is 36.2 Å². The van der Waals surface area contributed by atoms with Crippen LogP contribution in [0.25, 0.3) is 0 Å². The van der Waals surface area contributed by atoms with Gasteiger partial charge in [0.05, 0.1) is 6.04 Å². The molecule has 1 unspecified atom stereocenters. The van der Waals surface area contributed by atoms with Gasteiger partial charge in [0.2, 0.25) is 11.8 Å². The van der Waals surface area contributed by atoms with Gasteiger partial charge in [-0.05, 0) is 26.2 Å². The predicted octanol–water partition coefficient (Wildman–Crippen LogP) is 1.05. The maximum Gasteiger partial charge on any atom is 0.236 e. The van der Waals surface area contributed by atoms with E-state index in [9.17, 15) is 9.59 Å². The summed E-state index contributed by atoms with van der Waals surface area (Å²) in [5.74, 6) is 0.380. The summed E-state index contributed by atoms with van der Waals surface area (Å²) in [6.07, 6.45) is 6.52. The minimum atomic E-state index is -0.483. The Kier molecular flexibility index (Phi) is 6.76. The molecule has 0 spiro atoms. The van der Waals surface area contributed by atoms with Crippen LogP contribution in [-0.2, 0) is 9.59 Å². The van der Waals surface area contributed by atoms with Crippen LogP contribution in [0.1, 0.15) is 45.4 Å². The van der Waals surface area contributed by atoms with Gasteiger partial charge in [-0.15, -0.1) is 12.4 Å². The molecule has 5 nitrogen and oxygen atoms in total. The lowest BCUT2D eigenvalue weighted by atomic mass is 9.88. The Balaban J connectivity index is 0.00000200. The predicted molar refractivity (Wildman–Crippen MR) is 80.6 cm³/mol. The van der Waals surface area contributed by atoms with Crippen molar-refractivity contribution in [2.75, 3.05) is 13.1 Å². The van der Waals surface area contributed by atoms with Gasteiger partial charge in [-0.1, -0.05) is 19.3 Å². The first-order valence-electron chi connectivity index (χ1n) is 7.42. The highest BCUT2D eigenvalue weighted by atomic mass is 35.5. The number of hydrogen-bond donors (Lipinski definition) is 2. The summed E-state index contributed by atoms with van der Waals surface area (Å²) >= 11 is 0. The number of nitrogens with zero attached hydrogens (tertiary/aromatic N) is 1. The van der Waals surface area contributed by atoms with Gasteiger partial charge < -0.3 is 16.0 Å². The van der Waals surface area contributed by atoms with Crippen LogP contribution in [-0.4, -0.2) is 41.9 Å². The maximum atomic E-state index is 12.4. The quantitative estimate of drug-likeness (QED) is 0.818. The first-order chi connectivity index (χ1) is 9.08. The van der Waals surface area contributed by atoms with E-state index >= 15 is 0 Å². The van der Waals surface area contributed by atoms with E-state index in [4.69, 9.17) is 5.73 Å². The van der Waals surface area contributed by atoms with Crippen molar-refractivity contribution < 1.29 is 9.59 Å². The van der Waals surface area contributed by atoms with Crippen molar-refractivity contribution in [3.05, 3.63) is 0 Å². The molecule has 2 atom stereocenters. The third-order valence-electron chi connectivity index (χ3n) is 4.21. The molecule has 0 aromatic rings. The highest BCUT2D eigenvalue weighted by Crippen LogP contribution is 2.26. The minimum Gasteiger partial charge on any atom is -0.350 e. The van der Waals surface area contributed by atoms with E-state index in [2.05, 4.69) is 5.32 Å². The van der Waals surface area contributed by atoms with Crippen molar-refractivity contribution in [2.45, 2.75) is 57.5 Å². The molecule has 1 heterocycles. The SMILES string of the molecule is C[C@H](N)C(=O)NC1CCN(C(=O)C2CCCCC2)C1.Cl. The molecule has 1 aliphatic heterocycles.